The highest BCUT2D eigenvalue weighted by Gasteiger charge is 2.21. The summed E-state index contributed by atoms with van der Waals surface area (Å²) in [7, 11) is 0. The molecular weight excluding hydrogens is 345 g/mol. The number of amides is 2. The molecular formula is C21H24FN3O2. The number of halogens is 1. The minimum absolute atomic E-state index is 0.0360. The highest BCUT2D eigenvalue weighted by Crippen LogP contribution is 2.09. The lowest BCUT2D eigenvalue weighted by Gasteiger charge is -2.34. The number of piperazine rings is 1. The van der Waals surface area contributed by atoms with Crippen molar-refractivity contribution in [2.24, 2.45) is 0 Å². The van der Waals surface area contributed by atoms with Gasteiger partial charge in [-0.25, -0.2) is 4.39 Å². The molecule has 0 bridgehead atoms. The van der Waals surface area contributed by atoms with Crippen molar-refractivity contribution in [3.8, 4) is 0 Å². The molecule has 0 aromatic heterocycles. The molecule has 1 heterocycles. The summed E-state index contributed by atoms with van der Waals surface area (Å²) in [6.45, 7) is 4.23. The first-order valence-corrected chi connectivity index (χ1v) is 9.19. The maximum Gasteiger partial charge on any atom is 0.251 e. The van der Waals surface area contributed by atoms with Crippen molar-refractivity contribution in [1.29, 1.82) is 0 Å². The van der Waals surface area contributed by atoms with Crippen LogP contribution in [0.2, 0.25) is 0 Å². The van der Waals surface area contributed by atoms with Gasteiger partial charge in [-0.3, -0.25) is 14.5 Å². The largest absolute Gasteiger partial charge is 0.352 e. The highest BCUT2D eigenvalue weighted by molar-refractivity contribution is 5.94. The van der Waals surface area contributed by atoms with E-state index in [4.69, 9.17) is 0 Å². The molecule has 27 heavy (non-hydrogen) atoms. The lowest BCUT2D eigenvalue weighted by atomic mass is 10.2. The molecule has 0 radical (unpaired) electrons. The Kier molecular flexibility index (Phi) is 6.54. The molecule has 0 atom stereocenters. The van der Waals surface area contributed by atoms with Crippen LogP contribution in [0.15, 0.2) is 54.6 Å². The first-order valence-electron chi connectivity index (χ1n) is 9.19. The van der Waals surface area contributed by atoms with Gasteiger partial charge in [0.05, 0.1) is 0 Å². The van der Waals surface area contributed by atoms with Gasteiger partial charge in [0.2, 0.25) is 5.91 Å². The molecule has 142 valence electrons. The Morgan fingerprint density at radius 2 is 1.70 bits per heavy atom. The van der Waals surface area contributed by atoms with Gasteiger partial charge >= 0.3 is 0 Å². The average molecular weight is 369 g/mol. The summed E-state index contributed by atoms with van der Waals surface area (Å²) < 4.78 is 13.1. The number of nitrogens with zero attached hydrogens (tertiary/aromatic N) is 2. The van der Waals surface area contributed by atoms with E-state index in [1.165, 1.54) is 23.8 Å². The van der Waals surface area contributed by atoms with Gasteiger partial charge < -0.3 is 10.2 Å². The first kappa shape index (κ1) is 19.0. The van der Waals surface area contributed by atoms with E-state index >= 15 is 0 Å². The predicted molar refractivity (Wildman–Crippen MR) is 102 cm³/mol. The second kappa shape index (κ2) is 9.28. The fourth-order valence-corrected chi connectivity index (χ4v) is 3.17. The summed E-state index contributed by atoms with van der Waals surface area (Å²) in [6, 6.07) is 15.8. The van der Waals surface area contributed by atoms with Gasteiger partial charge in [0.1, 0.15) is 5.82 Å². The van der Waals surface area contributed by atoms with Crippen LogP contribution < -0.4 is 5.32 Å². The number of carbonyl (C=O) groups is 2. The second-order valence-electron chi connectivity index (χ2n) is 6.66. The summed E-state index contributed by atoms with van der Waals surface area (Å²) in [5.41, 5.74) is 1.54. The van der Waals surface area contributed by atoms with E-state index in [-0.39, 0.29) is 30.3 Å². The first-order chi connectivity index (χ1) is 13.1. The number of benzene rings is 2. The topological polar surface area (TPSA) is 52.7 Å². The summed E-state index contributed by atoms with van der Waals surface area (Å²) in [4.78, 5) is 28.5. The van der Waals surface area contributed by atoms with E-state index in [0.717, 1.165) is 19.6 Å². The molecule has 2 amide bonds. The smallest absolute Gasteiger partial charge is 0.251 e. The summed E-state index contributed by atoms with van der Waals surface area (Å²) in [6.07, 6.45) is 0.250. The van der Waals surface area contributed by atoms with Crippen molar-refractivity contribution in [1.82, 2.24) is 15.1 Å². The van der Waals surface area contributed by atoms with Crippen molar-refractivity contribution in [2.45, 2.75) is 13.0 Å². The third-order valence-corrected chi connectivity index (χ3v) is 4.69. The summed E-state index contributed by atoms with van der Waals surface area (Å²) in [5.74, 6) is -0.781. The predicted octanol–water partition coefficient (Wildman–Crippen LogP) is 2.29. The molecule has 0 unspecified atom stereocenters. The molecule has 6 heteroatoms. The van der Waals surface area contributed by atoms with Crippen LogP contribution in [0, 0.1) is 5.82 Å². The van der Waals surface area contributed by atoms with E-state index in [9.17, 15) is 14.0 Å². The fraction of sp³-hybridized carbons (Fsp3) is 0.333. The maximum absolute atomic E-state index is 13.1. The van der Waals surface area contributed by atoms with E-state index in [0.29, 0.717) is 13.1 Å². The normalized spacial score (nSPS) is 14.8. The minimum Gasteiger partial charge on any atom is -0.352 e. The second-order valence-corrected chi connectivity index (χ2v) is 6.66. The third kappa shape index (κ3) is 5.62. The fourth-order valence-electron chi connectivity index (χ4n) is 3.17. The highest BCUT2D eigenvalue weighted by atomic mass is 19.1. The van der Waals surface area contributed by atoms with Gasteiger partial charge in [0.15, 0.2) is 0 Å². The Morgan fingerprint density at radius 3 is 2.41 bits per heavy atom. The molecule has 1 aliphatic heterocycles. The molecule has 1 aliphatic rings. The van der Waals surface area contributed by atoms with Crippen LogP contribution in [0.25, 0.3) is 0 Å². The molecule has 1 saturated heterocycles. The van der Waals surface area contributed by atoms with E-state index in [2.05, 4.69) is 22.3 Å². The lowest BCUT2D eigenvalue weighted by molar-refractivity contribution is -0.132. The number of carbonyl (C=O) groups excluding carboxylic acids is 2. The van der Waals surface area contributed by atoms with Gasteiger partial charge in [-0.15, -0.1) is 0 Å². The Hall–Kier alpha value is -2.73. The maximum atomic E-state index is 13.1. The zero-order valence-electron chi connectivity index (χ0n) is 15.2. The molecule has 2 aromatic carbocycles. The molecule has 2 aromatic rings. The Balaban J connectivity index is 1.37. The van der Waals surface area contributed by atoms with E-state index < -0.39 is 5.82 Å². The van der Waals surface area contributed by atoms with Crippen LogP contribution >= 0.6 is 0 Å². The molecule has 0 spiro atoms. The third-order valence-electron chi connectivity index (χ3n) is 4.69. The molecule has 0 aliphatic carbocycles. The Bertz CT molecular complexity index is 774. The Labute approximate surface area is 158 Å². The van der Waals surface area contributed by atoms with Gasteiger partial charge in [0, 0.05) is 51.3 Å². The SMILES string of the molecule is O=C(NCCC(=O)N1CCN(Cc2ccccc2)CC1)c1cccc(F)c1. The standard InChI is InChI=1S/C21H24FN3O2/c22-19-8-4-7-18(15-19)21(27)23-10-9-20(26)25-13-11-24(12-14-25)16-17-5-2-1-3-6-17/h1-8,15H,9-14,16H2,(H,23,27). The van der Waals surface area contributed by atoms with Crippen LogP contribution in [0.3, 0.4) is 0 Å². The van der Waals surface area contributed by atoms with E-state index in [1.807, 2.05) is 23.1 Å². The summed E-state index contributed by atoms with van der Waals surface area (Å²) >= 11 is 0. The van der Waals surface area contributed by atoms with E-state index in [1.54, 1.807) is 6.07 Å². The zero-order valence-corrected chi connectivity index (χ0v) is 15.2. The lowest BCUT2D eigenvalue weighted by Crippen LogP contribution is -2.48. The van der Waals surface area contributed by atoms with Gasteiger partial charge in [-0.2, -0.15) is 0 Å². The molecule has 0 saturated carbocycles. The quantitative estimate of drug-likeness (QED) is 0.850. The summed E-state index contributed by atoms with van der Waals surface area (Å²) in [5, 5.41) is 2.67. The van der Waals surface area contributed by atoms with Crippen molar-refractivity contribution in [3.05, 3.63) is 71.5 Å². The molecule has 5 nitrogen and oxygen atoms in total. The van der Waals surface area contributed by atoms with Gasteiger partial charge in [-0.1, -0.05) is 36.4 Å². The Morgan fingerprint density at radius 1 is 0.963 bits per heavy atom. The van der Waals surface area contributed by atoms with Crippen LogP contribution in [0.1, 0.15) is 22.3 Å². The van der Waals surface area contributed by atoms with Crippen molar-refractivity contribution in [2.75, 3.05) is 32.7 Å². The van der Waals surface area contributed by atoms with Crippen LogP contribution in [-0.2, 0) is 11.3 Å². The minimum atomic E-state index is -0.452. The number of rotatable bonds is 6. The number of hydrogen-bond donors (Lipinski definition) is 1. The van der Waals surface area contributed by atoms with Gasteiger partial charge in [0.25, 0.3) is 5.91 Å². The van der Waals surface area contributed by atoms with Crippen molar-refractivity contribution in [3.63, 3.8) is 0 Å². The van der Waals surface area contributed by atoms with Crippen LogP contribution in [0.4, 0.5) is 4.39 Å². The van der Waals surface area contributed by atoms with Gasteiger partial charge in [-0.05, 0) is 23.8 Å². The number of nitrogens with one attached hydrogen (secondary N) is 1. The van der Waals surface area contributed by atoms with Crippen LogP contribution in [0.5, 0.6) is 0 Å². The zero-order chi connectivity index (χ0) is 19.1. The molecule has 1 N–H and O–H groups in total. The monoisotopic (exact) mass is 369 g/mol. The van der Waals surface area contributed by atoms with Crippen molar-refractivity contribution < 1.29 is 14.0 Å². The number of hydrogen-bond acceptors (Lipinski definition) is 3. The van der Waals surface area contributed by atoms with Crippen molar-refractivity contribution >= 4 is 11.8 Å². The average Bonchev–Trinajstić information content (AvgIpc) is 2.69. The molecule has 1 fully saturated rings. The molecule has 3 rings (SSSR count). The van der Waals surface area contributed by atoms with Crippen LogP contribution in [-0.4, -0.2) is 54.3 Å².